The van der Waals surface area contributed by atoms with Crippen molar-refractivity contribution in [1.82, 2.24) is 27.6 Å². The Balaban J connectivity index is 5.30. The van der Waals surface area contributed by atoms with Gasteiger partial charge in [-0.15, -0.1) is 0 Å². The third kappa shape index (κ3) is 25.2. The summed E-state index contributed by atoms with van der Waals surface area (Å²) in [4.78, 5) is 42.0. The Labute approximate surface area is 433 Å². The Morgan fingerprint density at radius 1 is 0.271 bits per heavy atom. The van der Waals surface area contributed by atoms with Crippen LogP contribution in [0.4, 0.5) is 0 Å². The lowest BCUT2D eigenvalue weighted by molar-refractivity contribution is -0.109. The van der Waals surface area contributed by atoms with Gasteiger partial charge in [0, 0.05) is 0 Å². The van der Waals surface area contributed by atoms with Gasteiger partial charge < -0.3 is 36.2 Å². The highest BCUT2D eigenvalue weighted by molar-refractivity contribution is 7.78. The summed E-state index contributed by atoms with van der Waals surface area (Å²) < 4.78 is 73.1. The molecule has 0 aromatic rings. The summed E-state index contributed by atoms with van der Waals surface area (Å²) in [6.45, 7) is 33.4. The second-order valence-electron chi connectivity index (χ2n) is 15.3. The molecule has 0 aromatic heterocycles. The number of hydrogen-bond acceptors (Lipinski definition) is 21. The minimum absolute atomic E-state index is 0.279. The third-order valence-corrected chi connectivity index (χ3v) is 23.7. The monoisotopic (exact) mass is 1140 g/mol. The number of hydrogen-bond donors (Lipinski definition) is 0. The molecule has 0 saturated heterocycles. The van der Waals surface area contributed by atoms with E-state index in [0.29, 0.717) is 163 Å². The number of rotatable bonds is 42. The summed E-state index contributed by atoms with van der Waals surface area (Å²) >= 11 is 0. The summed E-state index contributed by atoms with van der Waals surface area (Å²) in [5.74, 6) is 0. The molecule has 1 aliphatic rings. The van der Waals surface area contributed by atoms with Crippen LogP contribution in [0.25, 0.3) is 0 Å². The molecular formula is C42H98N7O14P7. The van der Waals surface area contributed by atoms with E-state index in [9.17, 15) is 0 Å². The quantitative estimate of drug-likeness (QED) is 0.0530. The van der Waals surface area contributed by atoms with Crippen LogP contribution < -0.4 is 0 Å². The fourth-order valence-corrected chi connectivity index (χ4v) is 23.0. The van der Waals surface area contributed by atoms with E-state index in [-0.39, 0.29) is 19.8 Å². The second-order valence-corrected chi connectivity index (χ2v) is 28.3. The summed E-state index contributed by atoms with van der Waals surface area (Å²) in [6.07, 6.45) is 9.53. The van der Waals surface area contributed by atoms with Crippen molar-refractivity contribution in [2.24, 2.45) is 4.52 Å². The smallest absolute Gasteiger partial charge is 0.328 e. The van der Waals surface area contributed by atoms with Crippen molar-refractivity contribution in [1.29, 1.82) is 0 Å². The fourth-order valence-electron chi connectivity index (χ4n) is 4.79. The van der Waals surface area contributed by atoms with Crippen molar-refractivity contribution >= 4 is 58.4 Å². The Kier molecular flexibility index (Phi) is 46.0. The first kappa shape index (κ1) is 70.0. The highest BCUT2D eigenvalue weighted by atomic mass is 31.3. The first-order valence-corrected chi connectivity index (χ1v) is 34.8. The van der Waals surface area contributed by atoms with E-state index in [4.69, 9.17) is 69.7 Å². The van der Waals surface area contributed by atoms with Crippen LogP contribution in [-0.4, -0.2) is 120 Å². The largest absolute Gasteiger partial charge is 0.328 e. The van der Waals surface area contributed by atoms with Gasteiger partial charge in [0.2, 0.25) is 0 Å². The zero-order valence-electron chi connectivity index (χ0n) is 45.8. The van der Waals surface area contributed by atoms with E-state index in [0.717, 1.165) is 0 Å². The molecule has 0 amide bonds. The van der Waals surface area contributed by atoms with Gasteiger partial charge in [0.1, 0.15) is 0 Å². The van der Waals surface area contributed by atoms with Gasteiger partial charge in [0.15, 0.2) is 0 Å². The van der Waals surface area contributed by atoms with Gasteiger partial charge >= 0.3 is 7.66 Å². The van der Waals surface area contributed by atoms with E-state index >= 15 is 0 Å². The maximum atomic E-state index is 7.15. The summed E-state index contributed by atoms with van der Waals surface area (Å²) in [6, 6.07) is 0. The van der Waals surface area contributed by atoms with E-state index < -0.39 is 58.4 Å². The minimum Gasteiger partial charge on any atom is -0.328 e. The van der Waals surface area contributed by atoms with E-state index in [1.807, 2.05) is 0 Å². The summed E-state index contributed by atoms with van der Waals surface area (Å²) in [7, 11) is -16.8. The second kappa shape index (κ2) is 46.0. The normalized spacial score (nSPS) is 23.3. The lowest BCUT2D eigenvalue weighted by atomic mass is 10.5. The molecule has 0 aromatic carbocycles. The highest BCUT2D eigenvalue weighted by Crippen LogP contribution is 2.80. The van der Waals surface area contributed by atoms with Crippen LogP contribution in [0, 0.1) is 0 Å². The molecular weight excluding hydrogens is 1040 g/mol. The molecule has 0 radical (unpaired) electrons. The summed E-state index contributed by atoms with van der Waals surface area (Å²) in [5.41, 5.74) is 0. The van der Waals surface area contributed by atoms with Crippen molar-refractivity contribution in [3.8, 4) is 0 Å². The molecule has 28 heteroatoms. The Hall–Kier alpha value is 2.01. The van der Waals surface area contributed by atoms with Gasteiger partial charge in [-0.25, -0.2) is 0 Å². The Bertz CT molecular complexity index is 1260. The minimum atomic E-state index is -3.85. The standard InChI is InChI=1S/C42H98N7O14P7/c1-15-29-50-44-64(56-35-21-7)43-70(62-41-27-13,63-42-28-14)49(55-34-20-6)69(61-40-26-12)48(54-33-19-5)68(60-39-25-11)47(53-32-18-4)67(59-38-24-10)46(52-31-17-3)66(58-37-23-9)45(51-30-16-2)65(44)57-36-22-8/h15-42H2,1-14H3. The third-order valence-electron chi connectivity index (χ3n) is 7.87. The average Bonchev–Trinajstić information content (AvgIpc) is 3.37. The first-order valence-electron chi connectivity index (χ1n) is 26.3. The summed E-state index contributed by atoms with van der Waals surface area (Å²) in [5, 5.41) is 0. The topological polar surface area (TPSA) is 161 Å². The molecule has 0 spiro atoms. The molecule has 0 saturated carbocycles. The molecule has 0 bridgehead atoms. The Morgan fingerprint density at radius 3 is 0.829 bits per heavy atom. The van der Waals surface area contributed by atoms with Gasteiger partial charge in [-0.05, 0) is 94.5 Å². The van der Waals surface area contributed by atoms with Crippen LogP contribution in [0.15, 0.2) is 4.52 Å². The lowest BCUT2D eigenvalue weighted by Crippen LogP contribution is -2.37. The van der Waals surface area contributed by atoms with Crippen LogP contribution in [-0.2, 0) is 65.2 Å². The van der Waals surface area contributed by atoms with Crippen LogP contribution in [0.1, 0.15) is 187 Å². The maximum absolute atomic E-state index is 7.15. The lowest BCUT2D eigenvalue weighted by Gasteiger charge is -2.48. The van der Waals surface area contributed by atoms with Gasteiger partial charge in [-0.3, -0.25) is 29.0 Å². The molecule has 6 atom stereocenters. The van der Waals surface area contributed by atoms with Gasteiger partial charge in [-0.1, -0.05) is 120 Å². The predicted molar refractivity (Wildman–Crippen MR) is 289 cm³/mol. The fraction of sp³-hybridized carbons (Fsp3) is 1.00. The zero-order chi connectivity index (χ0) is 51.8. The Morgan fingerprint density at radius 2 is 0.514 bits per heavy atom. The van der Waals surface area contributed by atoms with Crippen molar-refractivity contribution in [3.05, 3.63) is 0 Å². The zero-order valence-corrected chi connectivity index (χ0v) is 52.0. The molecule has 420 valence electrons. The van der Waals surface area contributed by atoms with Crippen LogP contribution in [0.3, 0.4) is 0 Å². The van der Waals surface area contributed by atoms with E-state index in [1.54, 1.807) is 27.6 Å². The van der Waals surface area contributed by atoms with Crippen molar-refractivity contribution in [2.45, 2.75) is 187 Å². The molecule has 0 aliphatic carbocycles. The predicted octanol–water partition coefficient (Wildman–Crippen LogP) is 16.6. The SMILES string of the molecule is CCCON1P(OCCC)N=P(OCCC)(OCCC)N(OCCC)P(OCCC)N(OCCC)P(OCCC)N(OCCC)P(OCCC)N(OCCC)P(OCCC)N(OCCC)P1OCCC. The molecule has 0 N–H and O–H groups in total. The average molecular weight is 1140 g/mol. The van der Waals surface area contributed by atoms with Gasteiger partial charge in [0.25, 0.3) is 50.7 Å². The molecule has 1 heterocycles. The van der Waals surface area contributed by atoms with E-state index in [1.165, 1.54) is 0 Å². The molecule has 1 aliphatic heterocycles. The molecule has 6 unspecified atom stereocenters. The number of nitrogens with zero attached hydrogens (tertiary/aromatic N) is 7. The van der Waals surface area contributed by atoms with Crippen LogP contribution >= 0.6 is 58.4 Å². The van der Waals surface area contributed by atoms with E-state index in [2.05, 4.69) is 96.9 Å². The van der Waals surface area contributed by atoms with Crippen molar-refractivity contribution < 1.29 is 65.2 Å². The van der Waals surface area contributed by atoms with Gasteiger partial charge in [0.05, 0.1) is 92.5 Å². The highest BCUT2D eigenvalue weighted by Gasteiger charge is 2.55. The first-order chi connectivity index (χ1) is 34.2. The van der Waals surface area contributed by atoms with Crippen molar-refractivity contribution in [2.75, 3.05) is 92.5 Å². The molecule has 0 fully saturated rings. The van der Waals surface area contributed by atoms with Gasteiger partial charge in [-0.2, -0.15) is 4.52 Å². The van der Waals surface area contributed by atoms with Crippen LogP contribution in [0.5, 0.6) is 0 Å². The van der Waals surface area contributed by atoms with Crippen LogP contribution in [0.2, 0.25) is 0 Å². The molecule has 1 rings (SSSR count). The molecule has 70 heavy (non-hydrogen) atoms. The molecule has 21 nitrogen and oxygen atoms in total. The maximum Gasteiger partial charge on any atom is 0.328 e. The van der Waals surface area contributed by atoms with Crippen molar-refractivity contribution in [3.63, 3.8) is 0 Å².